The summed E-state index contributed by atoms with van der Waals surface area (Å²) < 4.78 is 1.75. The standard InChI is InChI=1S/C11H18N4O/c1-14(7-9-6-13-15(2)8-9)11(16)10-4-3-5-12-10/h6,8,10,12H,3-5,7H2,1-2H3. The molecule has 16 heavy (non-hydrogen) atoms. The third kappa shape index (κ3) is 2.41. The van der Waals surface area contributed by atoms with Gasteiger partial charge < -0.3 is 10.2 Å². The van der Waals surface area contributed by atoms with Crippen LogP contribution in [0.25, 0.3) is 0 Å². The molecule has 1 unspecified atom stereocenters. The average molecular weight is 222 g/mol. The highest BCUT2D eigenvalue weighted by Crippen LogP contribution is 2.09. The third-order valence-corrected chi connectivity index (χ3v) is 2.91. The number of nitrogens with zero attached hydrogens (tertiary/aromatic N) is 3. The lowest BCUT2D eigenvalue weighted by Gasteiger charge is -2.20. The van der Waals surface area contributed by atoms with E-state index in [1.165, 1.54) is 0 Å². The Kier molecular flexibility index (Phi) is 3.24. The fourth-order valence-corrected chi connectivity index (χ4v) is 2.07. The van der Waals surface area contributed by atoms with Crippen molar-refractivity contribution in [3.05, 3.63) is 18.0 Å². The van der Waals surface area contributed by atoms with E-state index in [1.54, 1.807) is 15.8 Å². The molecule has 1 aromatic rings. The Morgan fingerprint density at radius 2 is 2.56 bits per heavy atom. The molecule has 5 nitrogen and oxygen atoms in total. The normalized spacial score (nSPS) is 20.0. The molecule has 0 radical (unpaired) electrons. The van der Waals surface area contributed by atoms with Crippen LogP contribution in [-0.2, 0) is 18.4 Å². The smallest absolute Gasteiger partial charge is 0.239 e. The van der Waals surface area contributed by atoms with Crippen molar-refractivity contribution in [2.45, 2.75) is 25.4 Å². The van der Waals surface area contributed by atoms with Crippen LogP contribution < -0.4 is 5.32 Å². The van der Waals surface area contributed by atoms with Crippen LogP contribution in [-0.4, -0.2) is 40.2 Å². The summed E-state index contributed by atoms with van der Waals surface area (Å²) in [6, 6.07) is 0.0154. The summed E-state index contributed by atoms with van der Waals surface area (Å²) in [6.07, 6.45) is 5.78. The summed E-state index contributed by atoms with van der Waals surface area (Å²) in [6.45, 7) is 1.59. The lowest BCUT2D eigenvalue weighted by atomic mass is 10.2. The largest absolute Gasteiger partial charge is 0.340 e. The molecular formula is C11H18N4O. The first-order valence-corrected chi connectivity index (χ1v) is 5.62. The molecule has 2 rings (SSSR count). The van der Waals surface area contributed by atoms with Gasteiger partial charge in [-0.05, 0) is 19.4 Å². The highest BCUT2D eigenvalue weighted by Gasteiger charge is 2.24. The fourth-order valence-electron chi connectivity index (χ4n) is 2.07. The Balaban J connectivity index is 1.91. The van der Waals surface area contributed by atoms with E-state index in [0.29, 0.717) is 6.54 Å². The van der Waals surface area contributed by atoms with E-state index in [-0.39, 0.29) is 11.9 Å². The summed E-state index contributed by atoms with van der Waals surface area (Å²) in [4.78, 5) is 13.8. The lowest BCUT2D eigenvalue weighted by molar-refractivity contribution is -0.132. The number of rotatable bonds is 3. The van der Waals surface area contributed by atoms with Crippen molar-refractivity contribution >= 4 is 5.91 Å². The van der Waals surface area contributed by atoms with Crippen molar-refractivity contribution in [3.63, 3.8) is 0 Å². The van der Waals surface area contributed by atoms with Gasteiger partial charge in [-0.1, -0.05) is 0 Å². The van der Waals surface area contributed by atoms with Gasteiger partial charge in [-0.15, -0.1) is 0 Å². The maximum atomic E-state index is 12.0. The van der Waals surface area contributed by atoms with E-state index in [1.807, 2.05) is 20.3 Å². The molecule has 0 aliphatic carbocycles. The Labute approximate surface area is 95.4 Å². The van der Waals surface area contributed by atoms with Gasteiger partial charge in [0.1, 0.15) is 0 Å². The second-order valence-electron chi connectivity index (χ2n) is 4.37. The van der Waals surface area contributed by atoms with Gasteiger partial charge >= 0.3 is 0 Å². The summed E-state index contributed by atoms with van der Waals surface area (Å²) in [5.41, 5.74) is 1.07. The maximum Gasteiger partial charge on any atom is 0.239 e. The van der Waals surface area contributed by atoms with Crippen molar-refractivity contribution in [1.29, 1.82) is 0 Å². The van der Waals surface area contributed by atoms with Crippen molar-refractivity contribution in [2.24, 2.45) is 7.05 Å². The lowest BCUT2D eigenvalue weighted by Crippen LogP contribution is -2.41. The van der Waals surface area contributed by atoms with E-state index >= 15 is 0 Å². The number of amides is 1. The van der Waals surface area contributed by atoms with Gasteiger partial charge in [0, 0.05) is 32.4 Å². The third-order valence-electron chi connectivity index (χ3n) is 2.91. The Morgan fingerprint density at radius 1 is 1.75 bits per heavy atom. The Bertz CT molecular complexity index is 368. The first-order chi connectivity index (χ1) is 7.66. The van der Waals surface area contributed by atoms with Crippen molar-refractivity contribution < 1.29 is 4.79 Å². The SMILES string of the molecule is CN(Cc1cnn(C)c1)C(=O)C1CCCN1. The van der Waals surface area contributed by atoms with Gasteiger partial charge in [0.25, 0.3) is 0 Å². The van der Waals surface area contributed by atoms with Crippen LogP contribution in [0.1, 0.15) is 18.4 Å². The fraction of sp³-hybridized carbons (Fsp3) is 0.636. The number of hydrogen-bond donors (Lipinski definition) is 1. The summed E-state index contributed by atoms with van der Waals surface area (Å²) in [7, 11) is 3.72. The molecule has 0 bridgehead atoms. The molecule has 0 spiro atoms. The van der Waals surface area contributed by atoms with Gasteiger partial charge in [-0.2, -0.15) is 5.10 Å². The van der Waals surface area contributed by atoms with Gasteiger partial charge in [0.05, 0.1) is 12.2 Å². The molecule has 0 aromatic carbocycles. The van der Waals surface area contributed by atoms with E-state index in [9.17, 15) is 4.79 Å². The van der Waals surface area contributed by atoms with Gasteiger partial charge in [-0.25, -0.2) is 0 Å². The number of aryl methyl sites for hydroxylation is 1. The minimum Gasteiger partial charge on any atom is -0.340 e. The number of carbonyl (C=O) groups is 1. The molecule has 1 saturated heterocycles. The first-order valence-electron chi connectivity index (χ1n) is 5.62. The average Bonchev–Trinajstić information content (AvgIpc) is 2.88. The summed E-state index contributed by atoms with van der Waals surface area (Å²) in [5.74, 6) is 0.182. The minimum absolute atomic E-state index is 0.0154. The molecule has 1 aromatic heterocycles. The predicted molar refractivity (Wildman–Crippen MR) is 60.7 cm³/mol. The van der Waals surface area contributed by atoms with Crippen LogP contribution in [0.5, 0.6) is 0 Å². The molecule has 0 saturated carbocycles. The number of aromatic nitrogens is 2. The molecule has 1 amide bonds. The Hall–Kier alpha value is -1.36. The maximum absolute atomic E-state index is 12.0. The van der Waals surface area contributed by atoms with E-state index in [4.69, 9.17) is 0 Å². The zero-order chi connectivity index (χ0) is 11.5. The van der Waals surface area contributed by atoms with E-state index in [0.717, 1.165) is 24.9 Å². The van der Waals surface area contributed by atoms with Gasteiger partial charge in [0.2, 0.25) is 5.91 Å². The molecule has 1 fully saturated rings. The van der Waals surface area contributed by atoms with Crippen LogP contribution in [0.3, 0.4) is 0 Å². The zero-order valence-corrected chi connectivity index (χ0v) is 9.81. The Morgan fingerprint density at radius 3 is 3.12 bits per heavy atom. The van der Waals surface area contributed by atoms with E-state index < -0.39 is 0 Å². The van der Waals surface area contributed by atoms with Crippen molar-refractivity contribution in [2.75, 3.05) is 13.6 Å². The number of nitrogens with one attached hydrogen (secondary N) is 1. The predicted octanol–water partition coefficient (Wildman–Crippen LogP) is 0.130. The number of carbonyl (C=O) groups excluding carboxylic acids is 1. The zero-order valence-electron chi connectivity index (χ0n) is 9.81. The molecule has 1 atom stereocenters. The quantitative estimate of drug-likeness (QED) is 0.791. The second kappa shape index (κ2) is 4.65. The molecule has 2 heterocycles. The number of hydrogen-bond acceptors (Lipinski definition) is 3. The topological polar surface area (TPSA) is 50.2 Å². The monoisotopic (exact) mass is 222 g/mol. The molecular weight excluding hydrogens is 204 g/mol. The van der Waals surface area contributed by atoms with Crippen molar-refractivity contribution in [1.82, 2.24) is 20.0 Å². The molecule has 1 aliphatic heterocycles. The van der Waals surface area contributed by atoms with Crippen LogP contribution in [0, 0.1) is 0 Å². The molecule has 88 valence electrons. The van der Waals surface area contributed by atoms with Crippen LogP contribution in [0.4, 0.5) is 0 Å². The van der Waals surface area contributed by atoms with Crippen LogP contribution in [0.15, 0.2) is 12.4 Å². The van der Waals surface area contributed by atoms with Crippen molar-refractivity contribution in [3.8, 4) is 0 Å². The highest BCUT2D eigenvalue weighted by atomic mass is 16.2. The van der Waals surface area contributed by atoms with Gasteiger partial charge in [0.15, 0.2) is 0 Å². The summed E-state index contributed by atoms with van der Waals surface area (Å²) in [5, 5.41) is 7.31. The van der Waals surface area contributed by atoms with E-state index in [2.05, 4.69) is 10.4 Å². The molecule has 5 heteroatoms. The second-order valence-corrected chi connectivity index (χ2v) is 4.37. The number of likely N-dealkylation sites (N-methyl/N-ethyl adjacent to an activating group) is 1. The summed E-state index contributed by atoms with van der Waals surface area (Å²) >= 11 is 0. The molecule has 1 aliphatic rings. The highest BCUT2D eigenvalue weighted by molar-refractivity contribution is 5.81. The first kappa shape index (κ1) is 11.1. The van der Waals surface area contributed by atoms with Gasteiger partial charge in [-0.3, -0.25) is 9.48 Å². The van der Waals surface area contributed by atoms with Crippen LogP contribution in [0.2, 0.25) is 0 Å². The van der Waals surface area contributed by atoms with Crippen LogP contribution >= 0.6 is 0 Å². The molecule has 1 N–H and O–H groups in total. The minimum atomic E-state index is 0.0154.